The van der Waals surface area contributed by atoms with Crippen LogP contribution in [0.1, 0.15) is 41.7 Å². The van der Waals surface area contributed by atoms with Gasteiger partial charge in [0.1, 0.15) is 12.0 Å². The van der Waals surface area contributed by atoms with Gasteiger partial charge in [-0.3, -0.25) is 14.9 Å². The predicted molar refractivity (Wildman–Crippen MR) is 140 cm³/mol. The maximum Gasteiger partial charge on any atom is 0.284 e. The van der Waals surface area contributed by atoms with Crippen LogP contribution in [0, 0.1) is 15.9 Å². The fourth-order valence-corrected chi connectivity index (χ4v) is 5.71. The van der Waals surface area contributed by atoms with Crippen molar-refractivity contribution in [2.45, 2.75) is 41.8 Å². The van der Waals surface area contributed by atoms with Gasteiger partial charge in [0.15, 0.2) is 11.0 Å². The number of nitro groups is 1. The zero-order valence-electron chi connectivity index (χ0n) is 20.4. The Kier molecular flexibility index (Phi) is 7.25. The highest BCUT2D eigenvalue weighted by atomic mass is 79.9. The number of hydrogen-bond acceptors (Lipinski definition) is 8. The van der Waals surface area contributed by atoms with Gasteiger partial charge in [-0.25, -0.2) is 9.07 Å². The maximum atomic E-state index is 14.5. The normalized spacial score (nSPS) is 17.5. The summed E-state index contributed by atoms with van der Waals surface area (Å²) in [5.41, 5.74) is 1.11. The molecule has 1 aliphatic rings. The number of hydrogen-bond donors (Lipinski definition) is 0. The molecule has 0 aliphatic carbocycles. The number of carbonyl (C=O) groups is 1. The third kappa shape index (κ3) is 5.05. The van der Waals surface area contributed by atoms with Crippen molar-refractivity contribution >= 4 is 39.3 Å². The molecule has 0 bridgehead atoms. The van der Waals surface area contributed by atoms with Crippen molar-refractivity contribution in [1.82, 2.24) is 34.7 Å². The first-order chi connectivity index (χ1) is 18.2. The number of rotatable bonds is 6. The quantitative estimate of drug-likeness (QED) is 0.229. The lowest BCUT2D eigenvalue weighted by atomic mass is 9.89. The second-order valence-electron chi connectivity index (χ2n) is 9.00. The minimum absolute atomic E-state index is 0.0394. The number of halogens is 2. The summed E-state index contributed by atoms with van der Waals surface area (Å²) in [4.78, 5) is 26.7. The van der Waals surface area contributed by atoms with E-state index in [-0.39, 0.29) is 29.1 Å². The van der Waals surface area contributed by atoms with Crippen LogP contribution < -0.4 is 0 Å². The maximum absolute atomic E-state index is 14.5. The van der Waals surface area contributed by atoms with Gasteiger partial charge in [0.05, 0.1) is 26.2 Å². The molecule has 38 heavy (non-hydrogen) atoms. The number of amides is 1. The van der Waals surface area contributed by atoms with Crippen molar-refractivity contribution in [3.05, 3.63) is 80.6 Å². The van der Waals surface area contributed by atoms with Crippen LogP contribution in [-0.4, -0.2) is 58.1 Å². The lowest BCUT2D eigenvalue weighted by molar-refractivity contribution is -0.387. The average molecular weight is 601 g/mol. The summed E-state index contributed by atoms with van der Waals surface area (Å²) in [6.07, 6.45) is 4.50. The standard InChI is InChI=1S/C24H22BrFN8O3S/c1-14-10-15(18-12-33(30-28-18)19-5-3-4-17(25)22(19)26)8-9-32(14)23(35)16-6-7-21(20(11-16)34(36)37)38-24-29-27-13-31(24)2/h3-7,11-15H,8-10H2,1-2H3. The van der Waals surface area contributed by atoms with Gasteiger partial charge in [0, 0.05) is 37.2 Å². The van der Waals surface area contributed by atoms with Gasteiger partial charge in [-0.2, -0.15) is 0 Å². The van der Waals surface area contributed by atoms with Crippen molar-refractivity contribution in [2.24, 2.45) is 7.05 Å². The van der Waals surface area contributed by atoms with E-state index in [1.165, 1.54) is 17.1 Å². The molecule has 1 fully saturated rings. The topological polar surface area (TPSA) is 125 Å². The summed E-state index contributed by atoms with van der Waals surface area (Å²) in [7, 11) is 1.75. The van der Waals surface area contributed by atoms with Gasteiger partial charge < -0.3 is 9.47 Å². The number of aromatic nitrogens is 6. The van der Waals surface area contributed by atoms with E-state index in [9.17, 15) is 19.3 Å². The Bertz CT molecular complexity index is 1530. The van der Waals surface area contributed by atoms with Crippen LogP contribution in [0.25, 0.3) is 5.69 Å². The second kappa shape index (κ2) is 10.6. The van der Waals surface area contributed by atoms with Crippen molar-refractivity contribution < 1.29 is 14.1 Å². The molecule has 1 amide bonds. The van der Waals surface area contributed by atoms with E-state index in [0.717, 1.165) is 17.5 Å². The van der Waals surface area contributed by atoms with E-state index in [0.29, 0.717) is 39.6 Å². The van der Waals surface area contributed by atoms with E-state index in [1.807, 2.05) is 6.92 Å². The molecule has 14 heteroatoms. The van der Waals surface area contributed by atoms with Crippen LogP contribution in [0.2, 0.25) is 0 Å². The molecule has 2 unspecified atom stereocenters. The minimum Gasteiger partial charge on any atom is -0.336 e. The smallest absolute Gasteiger partial charge is 0.284 e. The number of carbonyl (C=O) groups excluding carboxylic acids is 1. The van der Waals surface area contributed by atoms with Crippen LogP contribution in [-0.2, 0) is 7.05 Å². The first-order valence-corrected chi connectivity index (χ1v) is 13.3. The zero-order chi connectivity index (χ0) is 27.0. The van der Waals surface area contributed by atoms with Crippen LogP contribution in [0.4, 0.5) is 10.1 Å². The zero-order valence-corrected chi connectivity index (χ0v) is 22.8. The van der Waals surface area contributed by atoms with Crippen molar-refractivity contribution in [3.63, 3.8) is 0 Å². The largest absolute Gasteiger partial charge is 0.336 e. The SMILES string of the molecule is CC1CC(c2cn(-c3cccc(Br)c3F)nn2)CCN1C(=O)c1ccc(Sc2nncn2C)c([N+](=O)[O-])c1. The summed E-state index contributed by atoms with van der Waals surface area (Å²) >= 11 is 4.30. The molecular weight excluding hydrogens is 579 g/mol. The van der Waals surface area contributed by atoms with Crippen LogP contribution in [0.3, 0.4) is 0 Å². The number of nitrogens with zero attached hydrogens (tertiary/aromatic N) is 8. The summed E-state index contributed by atoms with van der Waals surface area (Å²) in [6.45, 7) is 2.39. The summed E-state index contributed by atoms with van der Waals surface area (Å²) in [6, 6.07) is 9.31. The molecular formula is C24H22BrFN8O3S. The Morgan fingerprint density at radius 3 is 2.79 bits per heavy atom. The molecule has 2 aromatic carbocycles. The van der Waals surface area contributed by atoms with E-state index in [2.05, 4.69) is 36.4 Å². The Labute approximate surface area is 229 Å². The first kappa shape index (κ1) is 26.0. The highest BCUT2D eigenvalue weighted by molar-refractivity contribution is 9.10. The van der Waals surface area contributed by atoms with Gasteiger partial charge in [-0.05, 0) is 71.7 Å². The highest BCUT2D eigenvalue weighted by Gasteiger charge is 2.32. The summed E-state index contributed by atoms with van der Waals surface area (Å²) in [5.74, 6) is -0.653. The molecule has 196 valence electrons. The van der Waals surface area contributed by atoms with Crippen LogP contribution in [0.5, 0.6) is 0 Å². The molecule has 4 aromatic rings. The molecule has 0 saturated carbocycles. The molecule has 2 atom stereocenters. The molecule has 11 nitrogen and oxygen atoms in total. The molecule has 1 saturated heterocycles. The minimum atomic E-state index is -0.497. The lowest BCUT2D eigenvalue weighted by Crippen LogP contribution is -2.44. The molecule has 0 N–H and O–H groups in total. The highest BCUT2D eigenvalue weighted by Crippen LogP contribution is 2.36. The lowest BCUT2D eigenvalue weighted by Gasteiger charge is -2.37. The van der Waals surface area contributed by atoms with Gasteiger partial charge in [-0.1, -0.05) is 11.3 Å². The van der Waals surface area contributed by atoms with Crippen LogP contribution >= 0.6 is 27.7 Å². The number of piperidine rings is 1. The van der Waals surface area contributed by atoms with E-state index < -0.39 is 10.7 Å². The molecule has 5 rings (SSSR count). The summed E-state index contributed by atoms with van der Waals surface area (Å²) in [5, 5.41) is 28.4. The fraction of sp³-hybridized carbons (Fsp3) is 0.292. The van der Waals surface area contributed by atoms with Crippen LogP contribution in [0.15, 0.2) is 63.4 Å². The van der Waals surface area contributed by atoms with Gasteiger partial charge in [-0.15, -0.1) is 15.3 Å². The van der Waals surface area contributed by atoms with E-state index >= 15 is 0 Å². The van der Waals surface area contributed by atoms with Crippen molar-refractivity contribution in [2.75, 3.05) is 6.54 Å². The van der Waals surface area contributed by atoms with Gasteiger partial charge >= 0.3 is 0 Å². The molecule has 0 spiro atoms. The Balaban J connectivity index is 1.30. The molecule has 0 radical (unpaired) electrons. The van der Waals surface area contributed by atoms with Crippen molar-refractivity contribution in [1.29, 1.82) is 0 Å². The number of nitro benzene ring substituents is 1. The Hall–Kier alpha value is -3.65. The van der Waals surface area contributed by atoms with E-state index in [4.69, 9.17) is 0 Å². The third-order valence-corrected chi connectivity index (χ3v) is 8.25. The molecule has 3 heterocycles. The Morgan fingerprint density at radius 2 is 2.08 bits per heavy atom. The molecule has 1 aliphatic heterocycles. The van der Waals surface area contributed by atoms with E-state index in [1.54, 1.807) is 53.0 Å². The number of benzene rings is 2. The molecule has 2 aromatic heterocycles. The first-order valence-electron chi connectivity index (χ1n) is 11.7. The predicted octanol–water partition coefficient (Wildman–Crippen LogP) is 4.77. The average Bonchev–Trinajstić information content (AvgIpc) is 3.55. The third-order valence-electron chi connectivity index (χ3n) is 6.52. The fourth-order valence-electron chi connectivity index (χ4n) is 4.50. The monoisotopic (exact) mass is 600 g/mol. The van der Waals surface area contributed by atoms with Gasteiger partial charge in [0.25, 0.3) is 11.6 Å². The van der Waals surface area contributed by atoms with Gasteiger partial charge in [0.2, 0.25) is 0 Å². The second-order valence-corrected chi connectivity index (χ2v) is 10.9. The Morgan fingerprint density at radius 1 is 1.26 bits per heavy atom. The number of likely N-dealkylation sites (tertiary alicyclic amines) is 1. The number of aryl methyl sites for hydroxylation is 1. The summed E-state index contributed by atoms with van der Waals surface area (Å²) < 4.78 is 17.9. The van der Waals surface area contributed by atoms with Crippen molar-refractivity contribution in [3.8, 4) is 5.69 Å².